The fourth-order valence-electron chi connectivity index (χ4n) is 3.65. The van der Waals surface area contributed by atoms with E-state index >= 15 is 0 Å². The summed E-state index contributed by atoms with van der Waals surface area (Å²) in [5, 5.41) is 10.9. The molecule has 182 valence electrons. The lowest BCUT2D eigenvalue weighted by atomic mass is 10.1. The van der Waals surface area contributed by atoms with Gasteiger partial charge in [-0.25, -0.2) is 0 Å². The van der Waals surface area contributed by atoms with E-state index in [9.17, 15) is 14.7 Å². The summed E-state index contributed by atoms with van der Waals surface area (Å²) < 4.78 is 17.7. The molecule has 1 aliphatic rings. The lowest BCUT2D eigenvalue weighted by molar-refractivity contribution is -0.119. The fraction of sp³-hybridized carbons (Fsp3) is 0.259. The van der Waals surface area contributed by atoms with E-state index in [4.69, 9.17) is 14.2 Å². The number of phenols is 1. The van der Waals surface area contributed by atoms with E-state index in [0.717, 1.165) is 41.5 Å². The van der Waals surface area contributed by atoms with Gasteiger partial charge in [-0.1, -0.05) is 25.5 Å². The molecule has 2 N–H and O–H groups in total. The minimum Gasteiger partial charge on any atom is -0.508 e. The van der Waals surface area contributed by atoms with Gasteiger partial charge in [-0.05, 0) is 83.9 Å². The van der Waals surface area contributed by atoms with Crippen LogP contribution >= 0.6 is 11.8 Å². The van der Waals surface area contributed by atoms with Gasteiger partial charge in [0.15, 0.2) is 0 Å². The fourth-order valence-corrected chi connectivity index (χ4v) is 4.47. The summed E-state index contributed by atoms with van der Waals surface area (Å²) in [5.41, 5.74) is 1.81. The van der Waals surface area contributed by atoms with Gasteiger partial charge in [-0.2, -0.15) is 0 Å². The van der Waals surface area contributed by atoms with Crippen LogP contribution in [0.3, 0.4) is 0 Å². The minimum absolute atomic E-state index is 0.196. The number of thioether (sulfide) groups is 1. The van der Waals surface area contributed by atoms with Crippen LogP contribution in [-0.4, -0.2) is 29.5 Å². The third-order valence-corrected chi connectivity index (χ3v) is 6.33. The van der Waals surface area contributed by atoms with Crippen LogP contribution in [-0.2, 0) is 11.2 Å². The predicted molar refractivity (Wildman–Crippen MR) is 135 cm³/mol. The SMILES string of the molecule is CCCc1cc(Oc2ccc(O)cc2)ccc1OCCCOc1cccc([C@H]2SC(=O)NC2=O)c1. The normalized spacial score (nSPS) is 15.1. The second-order valence-corrected chi connectivity index (χ2v) is 9.09. The summed E-state index contributed by atoms with van der Waals surface area (Å²) in [5.74, 6) is 2.73. The average molecular weight is 494 g/mol. The van der Waals surface area contributed by atoms with Crippen LogP contribution in [0.2, 0.25) is 0 Å². The maximum absolute atomic E-state index is 11.9. The Morgan fingerprint density at radius 2 is 1.69 bits per heavy atom. The molecule has 3 aromatic carbocycles. The van der Waals surface area contributed by atoms with E-state index in [1.165, 1.54) is 0 Å². The van der Waals surface area contributed by atoms with E-state index in [1.54, 1.807) is 30.3 Å². The molecule has 1 saturated heterocycles. The number of hydrogen-bond donors (Lipinski definition) is 2. The van der Waals surface area contributed by atoms with Gasteiger partial charge in [-0.3, -0.25) is 14.9 Å². The number of phenolic OH excluding ortho intramolecular Hbond substituents is 1. The Morgan fingerprint density at radius 3 is 2.43 bits per heavy atom. The molecule has 1 atom stereocenters. The third-order valence-electron chi connectivity index (χ3n) is 5.29. The number of imide groups is 1. The molecule has 0 radical (unpaired) electrons. The van der Waals surface area contributed by atoms with E-state index < -0.39 is 5.25 Å². The Balaban J connectivity index is 1.28. The first-order valence-corrected chi connectivity index (χ1v) is 12.4. The predicted octanol–water partition coefficient (Wildman–Crippen LogP) is 6.01. The number of aromatic hydroxyl groups is 1. The van der Waals surface area contributed by atoms with Gasteiger partial charge in [0.1, 0.15) is 34.0 Å². The quantitative estimate of drug-likeness (QED) is 0.316. The molecular weight excluding hydrogens is 466 g/mol. The average Bonchev–Trinajstić information content (AvgIpc) is 3.20. The van der Waals surface area contributed by atoms with Crippen LogP contribution in [0, 0.1) is 0 Å². The second kappa shape index (κ2) is 11.7. The number of ether oxygens (including phenoxy) is 3. The largest absolute Gasteiger partial charge is 0.508 e. The van der Waals surface area contributed by atoms with Gasteiger partial charge >= 0.3 is 0 Å². The molecule has 35 heavy (non-hydrogen) atoms. The van der Waals surface area contributed by atoms with E-state index in [0.29, 0.717) is 36.9 Å². The summed E-state index contributed by atoms with van der Waals surface area (Å²) in [4.78, 5) is 23.3. The first kappa shape index (κ1) is 24.5. The maximum Gasteiger partial charge on any atom is 0.286 e. The van der Waals surface area contributed by atoms with Crippen molar-refractivity contribution in [3.63, 3.8) is 0 Å². The molecule has 4 rings (SSSR count). The van der Waals surface area contributed by atoms with Gasteiger partial charge < -0.3 is 19.3 Å². The topological polar surface area (TPSA) is 94.1 Å². The number of rotatable bonds is 11. The number of aryl methyl sites for hydroxylation is 1. The first-order chi connectivity index (χ1) is 17.0. The highest BCUT2D eigenvalue weighted by molar-refractivity contribution is 8.15. The highest BCUT2D eigenvalue weighted by Gasteiger charge is 2.33. The summed E-state index contributed by atoms with van der Waals surface area (Å²) in [6.45, 7) is 3.06. The van der Waals surface area contributed by atoms with Crippen molar-refractivity contribution in [2.45, 2.75) is 31.4 Å². The Morgan fingerprint density at radius 1 is 0.914 bits per heavy atom. The highest BCUT2D eigenvalue weighted by Crippen LogP contribution is 2.35. The summed E-state index contributed by atoms with van der Waals surface area (Å²) in [6.07, 6.45) is 2.51. The van der Waals surface area contributed by atoms with Crippen molar-refractivity contribution in [3.8, 4) is 28.7 Å². The molecule has 3 aromatic rings. The molecule has 1 heterocycles. The van der Waals surface area contributed by atoms with Crippen LogP contribution in [0.4, 0.5) is 4.79 Å². The van der Waals surface area contributed by atoms with Crippen molar-refractivity contribution in [1.82, 2.24) is 5.32 Å². The van der Waals surface area contributed by atoms with Gasteiger partial charge in [-0.15, -0.1) is 0 Å². The Kier molecular flexibility index (Phi) is 8.15. The van der Waals surface area contributed by atoms with Crippen molar-refractivity contribution in [2.75, 3.05) is 13.2 Å². The van der Waals surface area contributed by atoms with Crippen molar-refractivity contribution in [1.29, 1.82) is 0 Å². The summed E-state index contributed by atoms with van der Waals surface area (Å²) in [6, 6.07) is 19.6. The molecule has 1 aliphatic heterocycles. The zero-order chi connectivity index (χ0) is 24.6. The van der Waals surface area contributed by atoms with Crippen LogP contribution in [0.5, 0.6) is 28.7 Å². The van der Waals surface area contributed by atoms with Gasteiger partial charge in [0, 0.05) is 6.42 Å². The van der Waals surface area contributed by atoms with Crippen LogP contribution in [0.25, 0.3) is 0 Å². The molecule has 2 amide bonds. The zero-order valence-corrected chi connectivity index (χ0v) is 20.2. The first-order valence-electron chi connectivity index (χ1n) is 11.5. The minimum atomic E-state index is -0.535. The summed E-state index contributed by atoms with van der Waals surface area (Å²) in [7, 11) is 0. The van der Waals surface area contributed by atoms with E-state index in [-0.39, 0.29) is 16.9 Å². The smallest absolute Gasteiger partial charge is 0.286 e. The number of benzene rings is 3. The number of nitrogens with one attached hydrogen (secondary N) is 1. The molecule has 0 aliphatic carbocycles. The number of amides is 2. The molecular formula is C27H27NO6S. The zero-order valence-electron chi connectivity index (χ0n) is 19.4. The van der Waals surface area contributed by atoms with E-state index in [2.05, 4.69) is 12.2 Å². The molecule has 8 heteroatoms. The van der Waals surface area contributed by atoms with Crippen molar-refractivity contribution < 1.29 is 28.9 Å². The summed E-state index contributed by atoms with van der Waals surface area (Å²) >= 11 is 0.978. The molecule has 7 nitrogen and oxygen atoms in total. The Hall–Kier alpha value is -3.65. The number of hydrogen-bond acceptors (Lipinski definition) is 7. The van der Waals surface area contributed by atoms with Crippen molar-refractivity contribution in [3.05, 3.63) is 77.9 Å². The van der Waals surface area contributed by atoms with Crippen molar-refractivity contribution >= 4 is 22.9 Å². The van der Waals surface area contributed by atoms with Crippen LogP contribution in [0.15, 0.2) is 66.7 Å². The Labute approximate surface area is 208 Å². The lowest BCUT2D eigenvalue weighted by Crippen LogP contribution is -2.20. The van der Waals surface area contributed by atoms with Gasteiger partial charge in [0.25, 0.3) is 5.24 Å². The van der Waals surface area contributed by atoms with Crippen LogP contribution < -0.4 is 19.5 Å². The standard InChI is InChI=1S/C27H27NO6S/c1-2-5-18-16-23(34-21-10-8-20(29)9-11-21)12-13-24(18)33-15-4-14-32-22-7-3-6-19(17-22)25-26(30)28-27(31)35-25/h3,6-13,16-17,25,29H,2,4-5,14-15H2,1H3,(H,28,30,31)/t25-/m1/s1. The monoisotopic (exact) mass is 493 g/mol. The molecule has 0 bridgehead atoms. The van der Waals surface area contributed by atoms with Gasteiger partial charge in [0.05, 0.1) is 13.2 Å². The Bertz CT molecular complexity index is 1180. The second-order valence-electron chi connectivity index (χ2n) is 8.01. The van der Waals surface area contributed by atoms with Crippen LogP contribution in [0.1, 0.15) is 36.1 Å². The molecule has 0 unspecified atom stereocenters. The molecule has 1 fully saturated rings. The molecule has 0 aromatic heterocycles. The lowest BCUT2D eigenvalue weighted by Gasteiger charge is -2.14. The number of carbonyl (C=O) groups is 2. The third kappa shape index (κ3) is 6.70. The molecule has 0 saturated carbocycles. The highest BCUT2D eigenvalue weighted by atomic mass is 32.2. The van der Waals surface area contributed by atoms with Crippen molar-refractivity contribution in [2.24, 2.45) is 0 Å². The number of carbonyl (C=O) groups excluding carboxylic acids is 2. The van der Waals surface area contributed by atoms with Gasteiger partial charge in [0.2, 0.25) is 5.91 Å². The maximum atomic E-state index is 11.9. The molecule has 0 spiro atoms. The van der Waals surface area contributed by atoms with E-state index in [1.807, 2.05) is 36.4 Å².